The molecule has 0 saturated carbocycles. The number of rotatable bonds is 3. The molecule has 0 amide bonds. The Balaban J connectivity index is 2.45. The molecule has 0 radical (unpaired) electrons. The maximum Gasteiger partial charge on any atom is 0.0561 e. The van der Waals surface area contributed by atoms with Crippen molar-refractivity contribution in [3.63, 3.8) is 0 Å². The second-order valence-electron chi connectivity index (χ2n) is 1.94. The first kappa shape index (κ1) is 8.52. The monoisotopic (exact) mass is 260 g/mol. The Kier molecular flexibility index (Phi) is 3.96. The van der Waals surface area contributed by atoms with Crippen LogP contribution in [0.2, 0.25) is 0 Å². The Bertz CT molecular complexity index is 221. The fourth-order valence-electron chi connectivity index (χ4n) is 0.667. The Labute approximate surface area is 79.8 Å². The maximum atomic E-state index is 3.98. The third kappa shape index (κ3) is 3.36. The fourth-order valence-corrected chi connectivity index (χ4v) is 0.864. The predicted octanol–water partition coefficient (Wildman–Crippen LogP) is 2.52. The third-order valence-electron chi connectivity index (χ3n) is 1.13. The van der Waals surface area contributed by atoms with Gasteiger partial charge in [-0.25, -0.2) is 0 Å². The van der Waals surface area contributed by atoms with Gasteiger partial charge in [0.25, 0.3) is 0 Å². The molecule has 1 aromatic carbocycles. The Morgan fingerprint density at radius 2 is 2.09 bits per heavy atom. The number of nitrogens with zero attached hydrogens (tertiary/aromatic N) is 1. The van der Waals surface area contributed by atoms with Crippen molar-refractivity contribution in [1.29, 1.82) is 0 Å². The number of hydrogen-bond donors (Lipinski definition) is 1. The fraction of sp³-hybridized carbons (Fsp3) is 0.125. The van der Waals surface area contributed by atoms with Crippen molar-refractivity contribution in [2.24, 2.45) is 5.10 Å². The number of alkyl halides is 1. The lowest BCUT2D eigenvalue weighted by molar-refractivity contribution is 1.35. The highest BCUT2D eigenvalue weighted by atomic mass is 127. The minimum atomic E-state index is 0.928. The molecule has 0 heterocycles. The first-order valence-electron chi connectivity index (χ1n) is 3.32. The number of anilines is 1. The Morgan fingerprint density at radius 3 is 2.73 bits per heavy atom. The van der Waals surface area contributed by atoms with Crippen LogP contribution in [-0.4, -0.2) is 10.6 Å². The minimum Gasteiger partial charge on any atom is -0.279 e. The van der Waals surface area contributed by atoms with Crippen molar-refractivity contribution in [3.8, 4) is 0 Å². The molecule has 0 aliphatic carbocycles. The summed E-state index contributed by atoms with van der Waals surface area (Å²) in [6.45, 7) is 0. The molecule has 0 spiro atoms. The van der Waals surface area contributed by atoms with E-state index in [9.17, 15) is 0 Å². The van der Waals surface area contributed by atoms with Gasteiger partial charge in [0.15, 0.2) is 0 Å². The van der Waals surface area contributed by atoms with Crippen LogP contribution in [-0.2, 0) is 0 Å². The second-order valence-corrected chi connectivity index (χ2v) is 2.82. The topological polar surface area (TPSA) is 24.4 Å². The molecule has 0 fully saturated rings. The molecule has 0 aromatic heterocycles. The molecule has 0 aliphatic heterocycles. The van der Waals surface area contributed by atoms with Gasteiger partial charge in [-0.1, -0.05) is 40.8 Å². The van der Waals surface area contributed by atoms with Crippen molar-refractivity contribution in [3.05, 3.63) is 30.3 Å². The zero-order valence-electron chi connectivity index (χ0n) is 6.00. The van der Waals surface area contributed by atoms with Gasteiger partial charge in [0.2, 0.25) is 0 Å². The number of benzene rings is 1. The molecular weight excluding hydrogens is 251 g/mol. The van der Waals surface area contributed by atoms with E-state index in [-0.39, 0.29) is 0 Å². The van der Waals surface area contributed by atoms with Gasteiger partial charge in [0, 0.05) is 10.6 Å². The molecule has 3 heteroatoms. The Hall–Kier alpha value is -0.580. The number of para-hydroxylation sites is 1. The summed E-state index contributed by atoms with van der Waals surface area (Å²) >= 11 is 2.24. The Morgan fingerprint density at radius 1 is 1.36 bits per heavy atom. The third-order valence-corrected chi connectivity index (χ3v) is 1.52. The molecule has 0 bridgehead atoms. The molecule has 2 nitrogen and oxygen atoms in total. The van der Waals surface area contributed by atoms with Crippen molar-refractivity contribution in [2.75, 3.05) is 9.85 Å². The van der Waals surface area contributed by atoms with Gasteiger partial charge in [-0.15, -0.1) is 0 Å². The van der Waals surface area contributed by atoms with Gasteiger partial charge in [0.05, 0.1) is 5.69 Å². The number of hydrazone groups is 1. The van der Waals surface area contributed by atoms with Gasteiger partial charge < -0.3 is 0 Å². The lowest BCUT2D eigenvalue weighted by Gasteiger charge is -1.96. The van der Waals surface area contributed by atoms with E-state index in [1.165, 1.54) is 0 Å². The quantitative estimate of drug-likeness (QED) is 0.384. The number of nitrogens with one attached hydrogen (secondary N) is 1. The zero-order valence-corrected chi connectivity index (χ0v) is 8.15. The maximum absolute atomic E-state index is 3.98. The molecule has 0 saturated heterocycles. The van der Waals surface area contributed by atoms with Crippen LogP contribution < -0.4 is 5.43 Å². The molecule has 0 atom stereocenters. The van der Waals surface area contributed by atoms with Crippen LogP contribution in [0.25, 0.3) is 0 Å². The number of hydrogen-bond acceptors (Lipinski definition) is 2. The van der Waals surface area contributed by atoms with Gasteiger partial charge in [-0.3, -0.25) is 5.43 Å². The van der Waals surface area contributed by atoms with Crippen molar-refractivity contribution in [2.45, 2.75) is 0 Å². The standard InChI is InChI=1S/C8H9IN2/c9-6-7-10-11-8-4-2-1-3-5-8/h1-5,7,11H,6H2. The van der Waals surface area contributed by atoms with Crippen LogP contribution in [0.5, 0.6) is 0 Å². The summed E-state index contributed by atoms with van der Waals surface area (Å²) in [4.78, 5) is 0. The molecule has 11 heavy (non-hydrogen) atoms. The van der Waals surface area contributed by atoms with Crippen LogP contribution in [0.1, 0.15) is 0 Å². The van der Waals surface area contributed by atoms with Gasteiger partial charge in [-0.2, -0.15) is 5.10 Å². The highest BCUT2D eigenvalue weighted by molar-refractivity contribution is 14.1. The van der Waals surface area contributed by atoms with E-state index in [1.807, 2.05) is 36.5 Å². The van der Waals surface area contributed by atoms with E-state index in [0.717, 1.165) is 10.1 Å². The zero-order chi connectivity index (χ0) is 7.94. The van der Waals surface area contributed by atoms with Crippen molar-refractivity contribution < 1.29 is 0 Å². The van der Waals surface area contributed by atoms with Gasteiger partial charge in [-0.05, 0) is 12.1 Å². The smallest absolute Gasteiger partial charge is 0.0561 e. The molecule has 0 aliphatic rings. The van der Waals surface area contributed by atoms with E-state index >= 15 is 0 Å². The summed E-state index contributed by atoms with van der Waals surface area (Å²) in [7, 11) is 0. The summed E-state index contributed by atoms with van der Waals surface area (Å²) in [6, 6.07) is 9.88. The van der Waals surface area contributed by atoms with Crippen molar-refractivity contribution >= 4 is 34.5 Å². The highest BCUT2D eigenvalue weighted by Crippen LogP contribution is 2.03. The summed E-state index contributed by atoms with van der Waals surface area (Å²) in [5.41, 5.74) is 3.93. The van der Waals surface area contributed by atoms with E-state index in [4.69, 9.17) is 0 Å². The molecular formula is C8H9IN2. The van der Waals surface area contributed by atoms with Crippen LogP contribution in [0, 0.1) is 0 Å². The predicted molar refractivity (Wildman–Crippen MR) is 57.4 cm³/mol. The molecule has 1 N–H and O–H groups in total. The average Bonchev–Trinajstić information content (AvgIpc) is 2.07. The largest absolute Gasteiger partial charge is 0.279 e. The van der Waals surface area contributed by atoms with E-state index in [1.54, 1.807) is 0 Å². The summed E-state index contributed by atoms with van der Waals surface area (Å²) < 4.78 is 0.928. The van der Waals surface area contributed by atoms with Crippen molar-refractivity contribution in [1.82, 2.24) is 0 Å². The van der Waals surface area contributed by atoms with Crippen LogP contribution >= 0.6 is 22.6 Å². The summed E-state index contributed by atoms with van der Waals surface area (Å²) in [5.74, 6) is 0. The lowest BCUT2D eigenvalue weighted by atomic mass is 10.3. The molecule has 1 rings (SSSR count). The normalized spacial score (nSPS) is 10.3. The van der Waals surface area contributed by atoms with Crippen LogP contribution in [0.3, 0.4) is 0 Å². The second kappa shape index (κ2) is 5.12. The summed E-state index contributed by atoms with van der Waals surface area (Å²) in [6.07, 6.45) is 1.83. The first-order chi connectivity index (χ1) is 5.43. The molecule has 58 valence electrons. The number of halogens is 1. The van der Waals surface area contributed by atoms with Crippen LogP contribution in [0.15, 0.2) is 35.4 Å². The van der Waals surface area contributed by atoms with Gasteiger partial charge in [0.1, 0.15) is 0 Å². The van der Waals surface area contributed by atoms with Crippen LogP contribution in [0.4, 0.5) is 5.69 Å². The van der Waals surface area contributed by atoms with E-state index < -0.39 is 0 Å². The average molecular weight is 260 g/mol. The minimum absolute atomic E-state index is 0.928. The molecule has 1 aromatic rings. The SMILES string of the molecule is ICC=NNc1ccccc1. The summed E-state index contributed by atoms with van der Waals surface area (Å²) in [5, 5.41) is 3.98. The van der Waals surface area contributed by atoms with Gasteiger partial charge >= 0.3 is 0 Å². The first-order valence-corrected chi connectivity index (χ1v) is 4.84. The highest BCUT2D eigenvalue weighted by Gasteiger charge is 1.82. The molecule has 0 unspecified atom stereocenters. The van der Waals surface area contributed by atoms with E-state index in [2.05, 4.69) is 33.1 Å². The lowest BCUT2D eigenvalue weighted by Crippen LogP contribution is -1.88. The van der Waals surface area contributed by atoms with E-state index in [0.29, 0.717) is 0 Å².